The van der Waals surface area contributed by atoms with Crippen LogP contribution in [-0.4, -0.2) is 5.71 Å². The van der Waals surface area contributed by atoms with Crippen molar-refractivity contribution in [3.63, 3.8) is 0 Å². The molecule has 7 aromatic carbocycles. The molecule has 7 aromatic rings. The number of hydrogen-bond donors (Lipinski definition) is 0. The van der Waals surface area contributed by atoms with Gasteiger partial charge in [-0.05, 0) is 82.9 Å². The van der Waals surface area contributed by atoms with E-state index in [1.807, 2.05) is 0 Å². The monoisotopic (exact) mass is 543 g/mol. The number of nitrogens with zero attached hydrogens (tertiary/aromatic N) is 1. The van der Waals surface area contributed by atoms with E-state index in [0.717, 1.165) is 12.1 Å². The first-order chi connectivity index (χ1) is 21.3. The fraction of sp³-hybridized carbons (Fsp3) is 0.0238. The summed E-state index contributed by atoms with van der Waals surface area (Å²) in [5.74, 6) is 0. The maximum absolute atomic E-state index is 5.32. The molecule has 0 aromatic heterocycles. The number of para-hydroxylation sites is 1. The van der Waals surface area contributed by atoms with Crippen molar-refractivity contribution >= 4 is 66.0 Å². The van der Waals surface area contributed by atoms with Crippen molar-refractivity contribution in [2.45, 2.75) is 6.42 Å². The van der Waals surface area contributed by atoms with Crippen LogP contribution >= 0.6 is 0 Å². The summed E-state index contributed by atoms with van der Waals surface area (Å²) in [5.41, 5.74) is 15.4. The highest BCUT2D eigenvalue weighted by Crippen LogP contribution is 2.60. The van der Waals surface area contributed by atoms with Gasteiger partial charge in [-0.3, -0.25) is 4.99 Å². The topological polar surface area (TPSA) is 12.4 Å². The lowest BCUT2D eigenvalue weighted by Gasteiger charge is -2.16. The van der Waals surface area contributed by atoms with Crippen molar-refractivity contribution in [2.75, 3.05) is 0 Å². The normalized spacial score (nSPS) is 14.8. The Hall–Kier alpha value is -5.53. The van der Waals surface area contributed by atoms with Crippen molar-refractivity contribution in [3.05, 3.63) is 173 Å². The van der Waals surface area contributed by atoms with Crippen molar-refractivity contribution in [2.24, 2.45) is 4.99 Å². The van der Waals surface area contributed by atoms with Crippen LogP contribution in [0.4, 0.5) is 5.69 Å². The van der Waals surface area contributed by atoms with Gasteiger partial charge in [0.25, 0.3) is 0 Å². The molecule has 3 aliphatic rings. The van der Waals surface area contributed by atoms with Crippen LogP contribution in [0.2, 0.25) is 0 Å². The summed E-state index contributed by atoms with van der Waals surface area (Å²) in [6.45, 7) is 0. The van der Waals surface area contributed by atoms with Gasteiger partial charge in [-0.25, -0.2) is 0 Å². The Morgan fingerprint density at radius 2 is 0.907 bits per heavy atom. The van der Waals surface area contributed by atoms with Crippen LogP contribution in [-0.2, 0) is 6.42 Å². The zero-order valence-electron chi connectivity index (χ0n) is 23.4. The molecule has 0 unspecified atom stereocenters. The Morgan fingerprint density at radius 3 is 1.60 bits per heavy atom. The smallest absolute Gasteiger partial charge is 0.0669 e. The number of rotatable bonds is 2. The zero-order chi connectivity index (χ0) is 28.1. The molecule has 0 saturated heterocycles. The summed E-state index contributed by atoms with van der Waals surface area (Å²) < 4.78 is 0. The maximum atomic E-state index is 5.32. The predicted octanol–water partition coefficient (Wildman–Crippen LogP) is 10.7. The van der Waals surface area contributed by atoms with Gasteiger partial charge < -0.3 is 0 Å². The van der Waals surface area contributed by atoms with Gasteiger partial charge in [-0.2, -0.15) is 0 Å². The first-order valence-corrected chi connectivity index (χ1v) is 15.0. The zero-order valence-corrected chi connectivity index (χ0v) is 23.4. The van der Waals surface area contributed by atoms with E-state index in [0.29, 0.717) is 0 Å². The number of benzene rings is 7. The van der Waals surface area contributed by atoms with Crippen LogP contribution in [0.15, 0.2) is 145 Å². The number of aliphatic imine (C=N–C) groups is 1. The van der Waals surface area contributed by atoms with Crippen LogP contribution in [0.1, 0.15) is 33.4 Å². The molecule has 0 radical (unpaired) electrons. The van der Waals surface area contributed by atoms with Gasteiger partial charge in [0.1, 0.15) is 0 Å². The molecule has 198 valence electrons. The maximum Gasteiger partial charge on any atom is 0.0669 e. The molecule has 0 bridgehead atoms. The Balaban J connectivity index is 1.41. The van der Waals surface area contributed by atoms with Crippen molar-refractivity contribution < 1.29 is 0 Å². The van der Waals surface area contributed by atoms with E-state index in [2.05, 4.69) is 140 Å². The van der Waals surface area contributed by atoms with E-state index in [-0.39, 0.29) is 0 Å². The van der Waals surface area contributed by atoms with Crippen LogP contribution in [0, 0.1) is 0 Å². The van der Waals surface area contributed by atoms with Crippen LogP contribution in [0.5, 0.6) is 0 Å². The molecule has 1 heterocycles. The van der Waals surface area contributed by atoms with Crippen molar-refractivity contribution in [3.8, 4) is 0 Å². The molecule has 0 fully saturated rings. The third-order valence-electron chi connectivity index (χ3n) is 9.60. The standard InChI is InChI=1S/C42H25N/c1-5-15-29-25(10-1)14-9-18-32(29)39-37-30-16-6-2-11-26(30)20-22-33(37)41-40(39)34-23-21-27-12-3-7-17-31(27)38(34)42(41)36-24-28-13-4-8-19-35(28)43-36/h1-23H,24H2. The second-order valence-corrected chi connectivity index (χ2v) is 11.8. The summed E-state index contributed by atoms with van der Waals surface area (Å²) in [4.78, 5) is 5.32. The third-order valence-corrected chi connectivity index (χ3v) is 9.60. The second-order valence-electron chi connectivity index (χ2n) is 11.8. The summed E-state index contributed by atoms with van der Waals surface area (Å²) in [6.07, 6.45) is 0.845. The molecule has 2 aliphatic carbocycles. The molecule has 0 amide bonds. The lowest BCUT2D eigenvalue weighted by molar-refractivity contribution is 1.40. The molecule has 0 N–H and O–H groups in total. The average molecular weight is 544 g/mol. The summed E-state index contributed by atoms with van der Waals surface area (Å²) >= 11 is 0. The summed E-state index contributed by atoms with van der Waals surface area (Å²) in [6, 6.07) is 51.2. The van der Waals surface area contributed by atoms with E-state index in [1.165, 1.54) is 93.7 Å². The van der Waals surface area contributed by atoms with Gasteiger partial charge in [0.15, 0.2) is 0 Å². The Morgan fingerprint density at radius 1 is 0.372 bits per heavy atom. The average Bonchev–Trinajstić information content (AvgIpc) is 3.74. The summed E-state index contributed by atoms with van der Waals surface area (Å²) in [7, 11) is 0. The van der Waals surface area contributed by atoms with E-state index in [4.69, 9.17) is 4.99 Å². The van der Waals surface area contributed by atoms with Crippen LogP contribution in [0.25, 0.3) is 54.6 Å². The molecule has 0 spiro atoms. The molecule has 0 saturated carbocycles. The Bertz CT molecular complexity index is 2460. The predicted molar refractivity (Wildman–Crippen MR) is 182 cm³/mol. The largest absolute Gasteiger partial charge is 0.252 e. The van der Waals surface area contributed by atoms with Gasteiger partial charge >= 0.3 is 0 Å². The minimum absolute atomic E-state index is 0.845. The molecule has 43 heavy (non-hydrogen) atoms. The quantitative estimate of drug-likeness (QED) is 0.206. The number of fused-ring (bicyclic) bond motifs is 11. The highest BCUT2D eigenvalue weighted by Gasteiger charge is 2.41. The number of allylic oxidation sites excluding steroid dienone is 3. The molecular formula is C42H25N. The van der Waals surface area contributed by atoms with E-state index in [1.54, 1.807) is 0 Å². The van der Waals surface area contributed by atoms with E-state index < -0.39 is 0 Å². The fourth-order valence-corrected chi connectivity index (χ4v) is 7.82. The highest BCUT2D eigenvalue weighted by molar-refractivity contribution is 6.48. The molecule has 10 rings (SSSR count). The Kier molecular flexibility index (Phi) is 4.56. The van der Waals surface area contributed by atoms with Gasteiger partial charge in [-0.15, -0.1) is 0 Å². The van der Waals surface area contributed by atoms with E-state index >= 15 is 0 Å². The van der Waals surface area contributed by atoms with Crippen molar-refractivity contribution in [1.29, 1.82) is 0 Å². The first kappa shape index (κ1) is 23.1. The molecule has 0 atom stereocenters. The van der Waals surface area contributed by atoms with Gasteiger partial charge in [0, 0.05) is 17.6 Å². The lowest BCUT2D eigenvalue weighted by Crippen LogP contribution is -2.04. The molecule has 1 nitrogen and oxygen atoms in total. The minimum atomic E-state index is 0.845. The van der Waals surface area contributed by atoms with Crippen LogP contribution < -0.4 is 0 Å². The SMILES string of the molecule is c1ccc2c(c1)CC(C1=C3C(=C(c4cccc5ccccc45)c4c3ccc3ccccc43)c3ccc4ccccc4c31)=N2. The highest BCUT2D eigenvalue weighted by atomic mass is 14.8. The van der Waals surface area contributed by atoms with Crippen molar-refractivity contribution in [1.82, 2.24) is 0 Å². The minimum Gasteiger partial charge on any atom is -0.252 e. The van der Waals surface area contributed by atoms with Gasteiger partial charge in [0.05, 0.1) is 11.4 Å². The van der Waals surface area contributed by atoms with E-state index in [9.17, 15) is 0 Å². The first-order valence-electron chi connectivity index (χ1n) is 15.0. The lowest BCUT2D eigenvalue weighted by atomic mass is 9.86. The summed E-state index contributed by atoms with van der Waals surface area (Å²) in [5, 5.41) is 7.68. The van der Waals surface area contributed by atoms with Gasteiger partial charge in [0.2, 0.25) is 0 Å². The third kappa shape index (κ3) is 3.09. The fourth-order valence-electron chi connectivity index (χ4n) is 7.82. The Labute approximate surface area is 249 Å². The molecule has 1 heteroatoms. The molecule has 1 aliphatic heterocycles. The number of hydrogen-bond acceptors (Lipinski definition) is 1. The van der Waals surface area contributed by atoms with Crippen LogP contribution in [0.3, 0.4) is 0 Å². The second kappa shape index (κ2) is 8.50. The van der Waals surface area contributed by atoms with Gasteiger partial charge in [-0.1, -0.05) is 133 Å². The molecular weight excluding hydrogens is 518 g/mol.